The maximum absolute atomic E-state index is 12.3. The molecule has 0 spiro atoms. The number of rotatable bonds is 10. The molecule has 3 aromatic rings. The van der Waals surface area contributed by atoms with Gasteiger partial charge < -0.3 is 10.6 Å². The molecule has 2 aromatic heterocycles. The molecule has 2 N–H and O–H groups in total. The Morgan fingerprint density at radius 2 is 1.12 bits per heavy atom. The van der Waals surface area contributed by atoms with Crippen LogP contribution in [0.4, 0.5) is 10.3 Å². The molecule has 0 saturated heterocycles. The molecule has 8 nitrogen and oxygen atoms in total. The van der Waals surface area contributed by atoms with E-state index in [1.165, 1.54) is 22.7 Å². The number of anilines is 2. The zero-order valence-corrected chi connectivity index (χ0v) is 21.6. The van der Waals surface area contributed by atoms with Crippen LogP contribution in [0.15, 0.2) is 0 Å². The molecule has 2 amide bonds. The van der Waals surface area contributed by atoms with Gasteiger partial charge in [-0.15, -0.1) is 0 Å². The fourth-order valence-corrected chi connectivity index (χ4v) is 5.90. The van der Waals surface area contributed by atoms with Gasteiger partial charge in [0, 0.05) is 0 Å². The molecule has 0 aliphatic rings. The third-order valence-corrected chi connectivity index (χ3v) is 8.02. The highest BCUT2D eigenvalue weighted by molar-refractivity contribution is 7.26. The van der Waals surface area contributed by atoms with Crippen molar-refractivity contribution in [2.24, 2.45) is 0 Å². The van der Waals surface area contributed by atoms with Crippen molar-refractivity contribution >= 4 is 88.4 Å². The maximum Gasteiger partial charge on any atom is 0.240 e. The van der Waals surface area contributed by atoms with Gasteiger partial charge in [0.25, 0.3) is 0 Å². The van der Waals surface area contributed by atoms with E-state index < -0.39 is 0 Å². The maximum atomic E-state index is 12.3. The minimum Gasteiger partial charge on any atom is -0.301 e. The van der Waals surface area contributed by atoms with Gasteiger partial charge in [0.05, 0.1) is 32.5 Å². The summed E-state index contributed by atoms with van der Waals surface area (Å²) in [5, 5.41) is 7.34. The summed E-state index contributed by atoms with van der Waals surface area (Å²) in [6.07, 6.45) is 0. The predicted molar refractivity (Wildman–Crippen MR) is 136 cm³/mol. The van der Waals surface area contributed by atoms with Crippen LogP contribution in [0.5, 0.6) is 0 Å². The number of thiazole rings is 2. The molecule has 3 rings (SSSR count). The van der Waals surface area contributed by atoms with Crippen molar-refractivity contribution in [3.8, 4) is 0 Å². The molecule has 0 aliphatic heterocycles. The van der Waals surface area contributed by atoms with E-state index in [4.69, 9.17) is 23.2 Å². The van der Waals surface area contributed by atoms with Crippen LogP contribution in [0.1, 0.15) is 27.7 Å². The molecule has 1 aromatic carbocycles. The van der Waals surface area contributed by atoms with E-state index in [-0.39, 0.29) is 24.9 Å². The van der Waals surface area contributed by atoms with Crippen molar-refractivity contribution in [1.29, 1.82) is 0 Å². The van der Waals surface area contributed by atoms with Gasteiger partial charge in [-0.2, -0.15) is 0 Å². The van der Waals surface area contributed by atoms with E-state index in [0.29, 0.717) is 40.7 Å². The fourth-order valence-electron chi connectivity index (χ4n) is 3.18. The summed E-state index contributed by atoms with van der Waals surface area (Å²) in [4.78, 5) is 37.6. The van der Waals surface area contributed by atoms with Gasteiger partial charge in [-0.05, 0) is 26.2 Å². The number of carbonyl (C=O) groups excluding carboxylic acids is 2. The van der Waals surface area contributed by atoms with Gasteiger partial charge in [0.1, 0.15) is 11.0 Å². The van der Waals surface area contributed by atoms with Crippen LogP contribution < -0.4 is 10.6 Å². The van der Waals surface area contributed by atoms with Gasteiger partial charge >= 0.3 is 0 Å². The second-order valence-electron chi connectivity index (χ2n) is 7.04. The van der Waals surface area contributed by atoms with Crippen molar-refractivity contribution in [2.45, 2.75) is 27.7 Å². The highest BCUT2D eigenvalue weighted by Gasteiger charge is 2.22. The summed E-state index contributed by atoms with van der Waals surface area (Å²) in [5.41, 5.74) is 0.970. The van der Waals surface area contributed by atoms with Crippen LogP contribution in [0.25, 0.3) is 20.4 Å². The van der Waals surface area contributed by atoms with Crippen molar-refractivity contribution in [2.75, 3.05) is 49.9 Å². The number of fused-ring (bicyclic) bond motifs is 2. The quantitative estimate of drug-likeness (QED) is 0.403. The molecule has 12 heteroatoms. The van der Waals surface area contributed by atoms with Gasteiger partial charge in [-0.1, -0.05) is 73.6 Å². The van der Waals surface area contributed by atoms with Crippen molar-refractivity contribution in [3.63, 3.8) is 0 Å². The first kappa shape index (κ1) is 25.1. The van der Waals surface area contributed by atoms with Gasteiger partial charge in [-0.3, -0.25) is 19.4 Å². The van der Waals surface area contributed by atoms with E-state index in [1.54, 1.807) is 0 Å². The van der Waals surface area contributed by atoms with E-state index in [2.05, 4.69) is 20.6 Å². The van der Waals surface area contributed by atoms with Crippen LogP contribution in [0.3, 0.4) is 0 Å². The lowest BCUT2D eigenvalue weighted by Crippen LogP contribution is -2.32. The predicted octanol–water partition coefficient (Wildman–Crippen LogP) is 4.77. The van der Waals surface area contributed by atoms with E-state index >= 15 is 0 Å². The molecule has 2 heterocycles. The zero-order chi connectivity index (χ0) is 23.4. The monoisotopic (exact) mass is 516 g/mol. The Hall–Kier alpha value is -1.56. The number of aromatic nitrogens is 2. The summed E-state index contributed by atoms with van der Waals surface area (Å²) >= 11 is 15.8. The molecule has 0 fully saturated rings. The van der Waals surface area contributed by atoms with Crippen molar-refractivity contribution < 1.29 is 9.59 Å². The number of carbonyl (C=O) groups is 2. The number of nitrogens with one attached hydrogen (secondary N) is 2. The standard InChI is InChI=1S/C20H26Cl2N6O2S2/c1-5-27(6-2)9-11(29)23-19-25-15-13(21)16-18(14(22)17(15)31-19)32-20(26-16)24-12(30)10-28(7-3)8-4/h5-10H2,1-4H3,(H,23,25,29)(H,24,26,30). The fraction of sp³-hybridized carbons (Fsp3) is 0.500. The van der Waals surface area contributed by atoms with Crippen LogP contribution >= 0.6 is 45.9 Å². The largest absolute Gasteiger partial charge is 0.301 e. The number of hydrogen-bond acceptors (Lipinski definition) is 8. The average molecular weight is 518 g/mol. The molecule has 0 unspecified atom stereocenters. The Balaban J connectivity index is 1.85. The molecular formula is C20H26Cl2N6O2S2. The third-order valence-electron chi connectivity index (χ3n) is 5.08. The molecular weight excluding hydrogens is 491 g/mol. The van der Waals surface area contributed by atoms with E-state index in [1.807, 2.05) is 37.5 Å². The Labute approximate surface area is 204 Å². The van der Waals surface area contributed by atoms with Crippen LogP contribution in [-0.2, 0) is 9.59 Å². The Morgan fingerprint density at radius 1 is 0.750 bits per heavy atom. The molecule has 174 valence electrons. The minimum absolute atomic E-state index is 0.141. The third kappa shape index (κ3) is 5.49. The normalized spacial score (nSPS) is 11.8. The average Bonchev–Trinajstić information content (AvgIpc) is 3.39. The lowest BCUT2D eigenvalue weighted by molar-refractivity contribution is -0.118. The lowest BCUT2D eigenvalue weighted by Gasteiger charge is -2.16. The molecule has 0 aliphatic carbocycles. The first-order valence-electron chi connectivity index (χ1n) is 10.4. The zero-order valence-electron chi connectivity index (χ0n) is 18.4. The second-order valence-corrected chi connectivity index (χ2v) is 9.79. The highest BCUT2D eigenvalue weighted by Crippen LogP contribution is 2.45. The number of likely N-dealkylation sites (N-methyl/N-ethyl adjacent to an activating group) is 2. The smallest absolute Gasteiger partial charge is 0.240 e. The van der Waals surface area contributed by atoms with E-state index in [9.17, 15) is 9.59 Å². The molecule has 0 radical (unpaired) electrons. The van der Waals surface area contributed by atoms with E-state index in [0.717, 1.165) is 26.2 Å². The summed E-state index contributed by atoms with van der Waals surface area (Å²) in [6.45, 7) is 11.8. The Morgan fingerprint density at radius 3 is 1.47 bits per heavy atom. The second kappa shape index (κ2) is 11.0. The summed E-state index contributed by atoms with van der Waals surface area (Å²) in [7, 11) is 0. The summed E-state index contributed by atoms with van der Waals surface area (Å²) in [5.74, 6) is -0.281. The number of amides is 2. The lowest BCUT2D eigenvalue weighted by atomic mass is 10.3. The van der Waals surface area contributed by atoms with Crippen molar-refractivity contribution in [3.05, 3.63) is 10.0 Å². The number of halogens is 2. The first-order valence-corrected chi connectivity index (χ1v) is 12.8. The number of nitrogens with zero attached hydrogens (tertiary/aromatic N) is 4. The van der Waals surface area contributed by atoms with Gasteiger partial charge in [0.2, 0.25) is 11.8 Å². The minimum atomic E-state index is -0.141. The topological polar surface area (TPSA) is 90.5 Å². The summed E-state index contributed by atoms with van der Waals surface area (Å²) in [6, 6.07) is 0. The molecule has 0 saturated carbocycles. The van der Waals surface area contributed by atoms with Crippen molar-refractivity contribution in [1.82, 2.24) is 19.8 Å². The Bertz CT molecular complexity index is 984. The Kier molecular flexibility index (Phi) is 8.65. The SMILES string of the molecule is CCN(CC)CC(=O)Nc1nc2c(Cl)c3nc(NC(=O)CN(CC)CC)sc3c(Cl)c2s1. The number of hydrogen-bond donors (Lipinski definition) is 2. The molecule has 32 heavy (non-hydrogen) atoms. The van der Waals surface area contributed by atoms with Crippen LogP contribution in [0, 0.1) is 0 Å². The molecule has 0 atom stereocenters. The first-order chi connectivity index (χ1) is 15.3. The van der Waals surface area contributed by atoms with Gasteiger partial charge in [0.15, 0.2) is 10.3 Å². The van der Waals surface area contributed by atoms with Gasteiger partial charge in [-0.25, -0.2) is 9.97 Å². The van der Waals surface area contributed by atoms with Crippen LogP contribution in [-0.4, -0.2) is 70.9 Å². The summed E-state index contributed by atoms with van der Waals surface area (Å²) < 4.78 is 1.35. The highest BCUT2D eigenvalue weighted by atomic mass is 35.5. The number of benzene rings is 1. The molecule has 0 bridgehead atoms. The van der Waals surface area contributed by atoms with Crippen LogP contribution in [0.2, 0.25) is 10.0 Å².